The van der Waals surface area contributed by atoms with Crippen LogP contribution in [-0.4, -0.2) is 42.2 Å². The van der Waals surface area contributed by atoms with Crippen molar-refractivity contribution in [2.75, 3.05) is 31.7 Å². The molecule has 0 radical (unpaired) electrons. The lowest BCUT2D eigenvalue weighted by atomic mass is 9.97. The Morgan fingerprint density at radius 1 is 1.06 bits per heavy atom. The van der Waals surface area contributed by atoms with E-state index >= 15 is 0 Å². The molecule has 1 heterocycles. The molecule has 35 heavy (non-hydrogen) atoms. The highest BCUT2D eigenvalue weighted by Gasteiger charge is 2.22. The Bertz CT molecular complexity index is 1200. The van der Waals surface area contributed by atoms with E-state index < -0.39 is 17.4 Å². The number of ether oxygens (including phenoxy) is 4. The number of anilines is 1. The zero-order chi connectivity index (χ0) is 25.5. The van der Waals surface area contributed by atoms with Gasteiger partial charge in [-0.15, -0.1) is 11.3 Å². The van der Waals surface area contributed by atoms with Gasteiger partial charge < -0.3 is 24.7 Å². The first-order valence-electron chi connectivity index (χ1n) is 10.7. The number of nitrogens with two attached hydrogens (primary N) is 1. The van der Waals surface area contributed by atoms with E-state index in [4.69, 9.17) is 24.7 Å². The number of carbonyl (C=O) groups excluding carboxylic acids is 1. The van der Waals surface area contributed by atoms with Crippen LogP contribution in [0.25, 0.3) is 11.1 Å². The normalized spacial score (nSPS) is 11.7. The fraction of sp³-hybridized carbons (Fsp3) is 0.292. The van der Waals surface area contributed by atoms with E-state index in [1.54, 1.807) is 32.4 Å². The summed E-state index contributed by atoms with van der Waals surface area (Å²) >= 11 is -1.07. The Balaban J connectivity index is 2.05. The molecule has 1 amide bonds. The van der Waals surface area contributed by atoms with Crippen LogP contribution < -0.4 is 24.2 Å². The van der Waals surface area contributed by atoms with Gasteiger partial charge in [0, 0.05) is 17.2 Å². The Kier molecular flexibility index (Phi) is 8.96. The van der Waals surface area contributed by atoms with E-state index in [0.717, 1.165) is 11.1 Å². The van der Waals surface area contributed by atoms with Gasteiger partial charge in [0.2, 0.25) is 0 Å². The molecule has 3 rings (SSSR count). The first-order chi connectivity index (χ1) is 16.7. The SMILES string of the molecule is COc1ccc(Oc2ccc(C(C)C)cc2-c2ccsc2N(CCOC(N)=O)S(=O)O)cc1OC. The van der Waals surface area contributed by atoms with E-state index in [0.29, 0.717) is 33.6 Å². The molecule has 0 aliphatic heterocycles. The lowest BCUT2D eigenvalue weighted by Crippen LogP contribution is -2.30. The standard InChI is InChI=1S/C24H28N2O7S2/c1-15(2)16-5-7-20(33-17-6-8-21(30-3)22(14-17)31-4)19(13-16)18-9-12-34-23(18)26(35(28)29)10-11-32-24(25)27/h5-9,12-15H,10-11H2,1-4H3,(H2,25,27)(H,28,29). The smallest absolute Gasteiger partial charge is 0.404 e. The summed E-state index contributed by atoms with van der Waals surface area (Å²) in [6, 6.07) is 13.0. The van der Waals surface area contributed by atoms with Gasteiger partial charge in [-0.2, -0.15) is 0 Å². The minimum atomic E-state index is -2.36. The molecule has 3 N–H and O–H groups in total. The van der Waals surface area contributed by atoms with E-state index in [2.05, 4.69) is 13.8 Å². The number of amides is 1. The Morgan fingerprint density at radius 2 is 1.77 bits per heavy atom. The Labute approximate surface area is 210 Å². The van der Waals surface area contributed by atoms with Crippen molar-refractivity contribution in [3.8, 4) is 34.1 Å². The largest absolute Gasteiger partial charge is 0.493 e. The maximum Gasteiger partial charge on any atom is 0.404 e. The van der Waals surface area contributed by atoms with Crippen LogP contribution in [0.15, 0.2) is 47.8 Å². The predicted molar refractivity (Wildman–Crippen MR) is 137 cm³/mol. The second-order valence-corrected chi connectivity index (χ2v) is 9.47. The van der Waals surface area contributed by atoms with Crippen molar-refractivity contribution in [2.45, 2.75) is 19.8 Å². The van der Waals surface area contributed by atoms with E-state index in [1.807, 2.05) is 29.6 Å². The van der Waals surface area contributed by atoms with Gasteiger partial charge in [-0.3, -0.25) is 8.86 Å². The van der Waals surface area contributed by atoms with Gasteiger partial charge in [0.05, 0.1) is 20.8 Å². The monoisotopic (exact) mass is 520 g/mol. The van der Waals surface area contributed by atoms with Crippen LogP contribution >= 0.6 is 11.3 Å². The first kappa shape index (κ1) is 26.3. The molecule has 0 fully saturated rings. The number of carbonyl (C=O) groups is 1. The summed E-state index contributed by atoms with van der Waals surface area (Å²) in [5, 5.41) is 2.35. The summed E-state index contributed by atoms with van der Waals surface area (Å²) in [4.78, 5) is 10.9. The quantitative estimate of drug-likeness (QED) is 0.325. The first-order valence-corrected chi connectivity index (χ1v) is 12.6. The molecule has 9 nitrogen and oxygen atoms in total. The third-order valence-corrected chi connectivity index (χ3v) is 6.94. The summed E-state index contributed by atoms with van der Waals surface area (Å²) in [5.74, 6) is 2.44. The van der Waals surface area contributed by atoms with Crippen LogP contribution in [0.2, 0.25) is 0 Å². The molecule has 0 spiro atoms. The van der Waals surface area contributed by atoms with Gasteiger partial charge >= 0.3 is 6.09 Å². The number of benzene rings is 2. The van der Waals surface area contributed by atoms with Gasteiger partial charge in [-0.1, -0.05) is 19.9 Å². The lowest BCUT2D eigenvalue weighted by Gasteiger charge is -2.21. The van der Waals surface area contributed by atoms with Crippen LogP contribution in [0.5, 0.6) is 23.0 Å². The highest BCUT2D eigenvalue weighted by atomic mass is 32.2. The molecular weight excluding hydrogens is 492 g/mol. The zero-order valence-corrected chi connectivity index (χ0v) is 21.5. The van der Waals surface area contributed by atoms with Crippen LogP contribution in [0.4, 0.5) is 9.80 Å². The van der Waals surface area contributed by atoms with Gasteiger partial charge in [-0.25, -0.2) is 9.00 Å². The summed E-state index contributed by atoms with van der Waals surface area (Å²) in [6.07, 6.45) is -0.949. The van der Waals surface area contributed by atoms with Crippen LogP contribution in [0.1, 0.15) is 25.3 Å². The van der Waals surface area contributed by atoms with Crippen molar-refractivity contribution in [2.24, 2.45) is 5.73 Å². The van der Waals surface area contributed by atoms with Gasteiger partial charge in [0.15, 0.2) is 11.5 Å². The van der Waals surface area contributed by atoms with Crippen molar-refractivity contribution >= 4 is 33.7 Å². The number of thiophene rings is 1. The van der Waals surface area contributed by atoms with E-state index in [-0.39, 0.29) is 19.1 Å². The van der Waals surface area contributed by atoms with Crippen molar-refractivity contribution in [1.29, 1.82) is 0 Å². The average Bonchev–Trinajstić information content (AvgIpc) is 3.30. The summed E-state index contributed by atoms with van der Waals surface area (Å²) in [7, 11) is 3.11. The number of primary amides is 1. The van der Waals surface area contributed by atoms with Crippen molar-refractivity contribution < 1.29 is 32.5 Å². The number of rotatable bonds is 11. The van der Waals surface area contributed by atoms with Gasteiger partial charge in [0.25, 0.3) is 11.3 Å². The van der Waals surface area contributed by atoms with E-state index in [9.17, 15) is 13.6 Å². The van der Waals surface area contributed by atoms with Crippen LogP contribution in [0, 0.1) is 0 Å². The molecule has 1 aromatic heterocycles. The summed E-state index contributed by atoms with van der Waals surface area (Å²) in [6.45, 7) is 4.01. The van der Waals surface area contributed by atoms with Crippen LogP contribution in [0.3, 0.4) is 0 Å². The highest BCUT2D eigenvalue weighted by molar-refractivity contribution is 7.81. The topological polar surface area (TPSA) is 121 Å². The molecule has 1 atom stereocenters. The molecule has 188 valence electrons. The molecule has 11 heteroatoms. The second kappa shape index (κ2) is 11.9. The minimum absolute atomic E-state index is 0.0185. The lowest BCUT2D eigenvalue weighted by molar-refractivity contribution is 0.160. The second-order valence-electron chi connectivity index (χ2n) is 7.67. The van der Waals surface area contributed by atoms with Crippen LogP contribution in [-0.2, 0) is 16.0 Å². The maximum absolute atomic E-state index is 12.2. The number of hydrogen-bond donors (Lipinski definition) is 2. The van der Waals surface area contributed by atoms with Gasteiger partial charge in [0.1, 0.15) is 23.1 Å². The molecule has 0 aliphatic rings. The van der Waals surface area contributed by atoms with Crippen molar-refractivity contribution in [1.82, 2.24) is 0 Å². The Hall–Kier alpha value is -3.28. The molecule has 3 aromatic rings. The number of nitrogens with zero attached hydrogens (tertiary/aromatic N) is 1. The third-order valence-electron chi connectivity index (χ3n) is 5.14. The summed E-state index contributed by atoms with van der Waals surface area (Å²) < 4.78 is 45.0. The highest BCUT2D eigenvalue weighted by Crippen LogP contribution is 2.44. The number of methoxy groups -OCH3 is 2. The minimum Gasteiger partial charge on any atom is -0.493 e. The molecule has 2 aromatic carbocycles. The molecule has 0 aliphatic carbocycles. The maximum atomic E-state index is 12.2. The fourth-order valence-corrected chi connectivity index (χ4v) is 5.03. The third kappa shape index (κ3) is 6.44. The molecule has 0 saturated carbocycles. The molecule has 1 unspecified atom stereocenters. The van der Waals surface area contributed by atoms with E-state index in [1.165, 1.54) is 15.6 Å². The molecule has 0 saturated heterocycles. The summed E-state index contributed by atoms with van der Waals surface area (Å²) in [5.41, 5.74) is 7.54. The zero-order valence-electron chi connectivity index (χ0n) is 19.8. The van der Waals surface area contributed by atoms with Crippen molar-refractivity contribution in [3.05, 3.63) is 53.4 Å². The molecule has 0 bridgehead atoms. The molecular formula is C24H28N2O7S2. The fourth-order valence-electron chi connectivity index (χ4n) is 3.39. The van der Waals surface area contributed by atoms with Gasteiger partial charge in [-0.05, 0) is 47.2 Å². The average molecular weight is 521 g/mol. The Morgan fingerprint density at radius 3 is 2.40 bits per heavy atom. The number of hydrogen-bond acceptors (Lipinski definition) is 7. The van der Waals surface area contributed by atoms with Crippen molar-refractivity contribution in [3.63, 3.8) is 0 Å². The predicted octanol–water partition coefficient (Wildman–Crippen LogP) is 5.39.